The number of piperidine rings is 1. The molecule has 1 saturated heterocycles. The monoisotopic (exact) mass is 219 g/mol. The highest BCUT2D eigenvalue weighted by Crippen LogP contribution is 2.11. The minimum atomic E-state index is -0.924. The lowest BCUT2D eigenvalue weighted by Crippen LogP contribution is -2.29. The van der Waals surface area contributed by atoms with Gasteiger partial charge in [0, 0.05) is 12.7 Å². The van der Waals surface area contributed by atoms with Crippen molar-refractivity contribution in [3.63, 3.8) is 0 Å². The highest BCUT2D eigenvalue weighted by Gasteiger charge is 2.11. The minimum Gasteiger partial charge on any atom is -0.478 e. The first-order valence-corrected chi connectivity index (χ1v) is 5.48. The first-order valence-electron chi connectivity index (χ1n) is 5.48. The van der Waals surface area contributed by atoms with Gasteiger partial charge in [-0.15, -0.1) is 0 Å². The van der Waals surface area contributed by atoms with E-state index in [1.165, 1.54) is 6.20 Å². The predicted octanol–water partition coefficient (Wildman–Crippen LogP) is 1.58. The average molecular weight is 219 g/mol. The van der Waals surface area contributed by atoms with Crippen LogP contribution < -0.4 is 0 Å². The molecule has 16 heavy (non-hydrogen) atoms. The summed E-state index contributed by atoms with van der Waals surface area (Å²) in [5, 5.41) is 8.74. The zero-order valence-corrected chi connectivity index (χ0v) is 9.09. The largest absolute Gasteiger partial charge is 0.478 e. The Morgan fingerprint density at radius 2 is 2.12 bits per heavy atom. The van der Waals surface area contributed by atoms with Crippen molar-refractivity contribution >= 4 is 5.97 Å². The fourth-order valence-corrected chi connectivity index (χ4v) is 1.84. The minimum absolute atomic E-state index is 0.246. The molecule has 85 valence electrons. The first-order chi connectivity index (χ1) is 7.75. The highest BCUT2D eigenvalue weighted by molar-refractivity contribution is 5.87. The van der Waals surface area contributed by atoms with Crippen LogP contribution in [0.1, 0.15) is 28.9 Å². The molecule has 0 aromatic carbocycles. The maximum absolute atomic E-state index is 10.6. The third-order valence-corrected chi connectivity index (χ3v) is 2.76. The van der Waals surface area contributed by atoms with Crippen molar-refractivity contribution in [1.29, 1.82) is 0 Å². The Morgan fingerprint density at radius 1 is 1.38 bits per heavy atom. The van der Waals surface area contributed by atoms with Crippen molar-refractivity contribution in [2.24, 2.45) is 0 Å². The molecule has 1 aliphatic rings. The molecule has 1 fully saturated rings. The van der Waals surface area contributed by atoms with Gasteiger partial charge in [-0.2, -0.15) is 0 Å². The average Bonchev–Trinajstić information content (AvgIpc) is 2.31. The molecule has 2 rings (SSSR count). The van der Waals surface area contributed by atoms with Crippen LogP contribution in [0.15, 0.2) is 18.3 Å². The quantitative estimate of drug-likeness (QED) is 0.838. The van der Waals surface area contributed by atoms with E-state index >= 15 is 0 Å². The second-order valence-corrected chi connectivity index (χ2v) is 3.99. The molecule has 4 nitrogen and oxygen atoms in total. The zero-order chi connectivity index (χ0) is 11.4. The Kier molecular flexibility index (Phi) is 3.51. The van der Waals surface area contributed by atoms with Gasteiger partial charge in [-0.25, -0.2) is 4.79 Å². The van der Waals surface area contributed by atoms with Gasteiger partial charge in [0.1, 0.15) is 0 Å². The summed E-state index contributed by atoms with van der Waals surface area (Å²) in [6, 6.07) is 3.41. The number of hydrogen-bond acceptors (Lipinski definition) is 3. The van der Waals surface area contributed by atoms with E-state index in [4.69, 9.17) is 5.11 Å². The van der Waals surface area contributed by atoms with E-state index in [1.54, 1.807) is 12.1 Å². The Bertz CT molecular complexity index is 356. The molecule has 1 aliphatic heterocycles. The van der Waals surface area contributed by atoms with Crippen LogP contribution in [0.25, 0.3) is 0 Å². The van der Waals surface area contributed by atoms with Gasteiger partial charge in [0.15, 0.2) is 0 Å². The number of carbonyl (C=O) groups is 1. The van der Waals surface area contributed by atoms with Crippen LogP contribution in [0.2, 0.25) is 0 Å². The third kappa shape index (κ3) is 2.79. The molecule has 1 radical (unpaired) electrons. The molecule has 4 heteroatoms. The van der Waals surface area contributed by atoms with Crippen molar-refractivity contribution in [2.75, 3.05) is 13.1 Å². The van der Waals surface area contributed by atoms with E-state index in [1.807, 2.05) is 0 Å². The van der Waals surface area contributed by atoms with Crippen molar-refractivity contribution < 1.29 is 9.90 Å². The molecular formula is C12H15N2O2. The molecule has 0 unspecified atom stereocenters. The van der Waals surface area contributed by atoms with Crippen LogP contribution in [-0.2, 0) is 6.54 Å². The van der Waals surface area contributed by atoms with Crippen molar-refractivity contribution in [2.45, 2.75) is 19.4 Å². The Balaban J connectivity index is 1.96. The number of likely N-dealkylation sites (tertiary alicyclic amines) is 1. The van der Waals surface area contributed by atoms with E-state index in [9.17, 15) is 4.79 Å². The summed E-state index contributed by atoms with van der Waals surface area (Å²) in [6.07, 6.45) is 5.99. The van der Waals surface area contributed by atoms with Crippen molar-refractivity contribution in [1.82, 2.24) is 9.88 Å². The van der Waals surface area contributed by atoms with Gasteiger partial charge in [-0.1, -0.05) is 0 Å². The highest BCUT2D eigenvalue weighted by atomic mass is 16.4. The summed E-state index contributed by atoms with van der Waals surface area (Å²) in [4.78, 5) is 17.1. The Hall–Kier alpha value is -1.42. The number of carboxylic acids is 1. The maximum atomic E-state index is 10.6. The summed E-state index contributed by atoms with van der Waals surface area (Å²) in [7, 11) is 0. The topological polar surface area (TPSA) is 53.4 Å². The molecule has 1 N–H and O–H groups in total. The molecule has 1 aromatic heterocycles. The number of pyridine rings is 1. The fraction of sp³-hybridized carbons (Fsp3) is 0.417. The SMILES string of the molecule is O=C(O)c1ccc(CN2CC[CH]CC2)nc1. The standard InChI is InChI=1S/C12H15N2O2/c15-12(16)10-4-5-11(13-8-10)9-14-6-2-1-3-7-14/h1,4-5,8H,2-3,6-7,9H2,(H,15,16). The van der Waals surface area contributed by atoms with Gasteiger partial charge in [0.05, 0.1) is 11.3 Å². The molecule has 0 spiro atoms. The second-order valence-electron chi connectivity index (χ2n) is 3.99. The molecule has 2 heterocycles. The van der Waals surface area contributed by atoms with Gasteiger partial charge in [0.25, 0.3) is 0 Å². The zero-order valence-electron chi connectivity index (χ0n) is 9.09. The van der Waals surface area contributed by atoms with Crippen molar-refractivity contribution in [3.05, 3.63) is 36.0 Å². The van der Waals surface area contributed by atoms with Crippen LogP contribution in [-0.4, -0.2) is 34.0 Å². The fourth-order valence-electron chi connectivity index (χ4n) is 1.84. The van der Waals surface area contributed by atoms with Gasteiger partial charge < -0.3 is 5.11 Å². The second kappa shape index (κ2) is 5.07. The number of aromatic carboxylic acids is 1. The first kappa shape index (κ1) is 11.1. The van der Waals surface area contributed by atoms with E-state index in [0.29, 0.717) is 0 Å². The van der Waals surface area contributed by atoms with Crippen LogP contribution >= 0.6 is 0 Å². The van der Waals surface area contributed by atoms with Crippen molar-refractivity contribution in [3.8, 4) is 0 Å². The summed E-state index contributed by atoms with van der Waals surface area (Å²) in [5.41, 5.74) is 1.18. The molecule has 0 amide bonds. The molecule has 0 atom stereocenters. The Labute approximate surface area is 94.9 Å². The smallest absolute Gasteiger partial charge is 0.337 e. The number of nitrogens with zero attached hydrogens (tertiary/aromatic N) is 2. The number of rotatable bonds is 3. The lowest BCUT2D eigenvalue weighted by Gasteiger charge is -2.25. The normalized spacial score (nSPS) is 17.2. The van der Waals surface area contributed by atoms with Crippen LogP contribution in [0, 0.1) is 6.42 Å². The van der Waals surface area contributed by atoms with Gasteiger partial charge in [-0.3, -0.25) is 9.88 Å². The van der Waals surface area contributed by atoms with Crippen LogP contribution in [0.4, 0.5) is 0 Å². The van der Waals surface area contributed by atoms with E-state index < -0.39 is 5.97 Å². The maximum Gasteiger partial charge on any atom is 0.337 e. The summed E-state index contributed by atoms with van der Waals surface area (Å²) < 4.78 is 0. The third-order valence-electron chi connectivity index (χ3n) is 2.76. The van der Waals surface area contributed by atoms with Gasteiger partial charge >= 0.3 is 5.97 Å². The van der Waals surface area contributed by atoms with Gasteiger partial charge in [-0.05, 0) is 44.5 Å². The number of carboxylic acid groups (broad SMARTS) is 1. The van der Waals surface area contributed by atoms with E-state index in [-0.39, 0.29) is 5.56 Å². The van der Waals surface area contributed by atoms with E-state index in [2.05, 4.69) is 16.3 Å². The van der Waals surface area contributed by atoms with Crippen LogP contribution in [0.3, 0.4) is 0 Å². The molecule has 0 saturated carbocycles. The molecule has 1 aromatic rings. The summed E-state index contributed by atoms with van der Waals surface area (Å²) >= 11 is 0. The van der Waals surface area contributed by atoms with E-state index in [0.717, 1.165) is 38.2 Å². The number of aromatic nitrogens is 1. The summed E-state index contributed by atoms with van der Waals surface area (Å²) in [6.45, 7) is 2.96. The number of hydrogen-bond donors (Lipinski definition) is 1. The van der Waals surface area contributed by atoms with Gasteiger partial charge in [0.2, 0.25) is 0 Å². The Morgan fingerprint density at radius 3 is 2.69 bits per heavy atom. The predicted molar refractivity (Wildman–Crippen MR) is 60.0 cm³/mol. The molecular weight excluding hydrogens is 204 g/mol. The lowest BCUT2D eigenvalue weighted by molar-refractivity contribution is 0.0696. The van der Waals surface area contributed by atoms with Crippen LogP contribution in [0.5, 0.6) is 0 Å². The summed E-state index contributed by atoms with van der Waals surface area (Å²) in [5.74, 6) is -0.924. The molecule has 0 bridgehead atoms. The lowest BCUT2D eigenvalue weighted by atomic mass is 10.1. The molecule has 0 aliphatic carbocycles.